The van der Waals surface area contributed by atoms with Crippen molar-refractivity contribution in [2.75, 3.05) is 32.3 Å². The largest absolute Gasteiger partial charge is 0.495 e. The van der Waals surface area contributed by atoms with E-state index in [1.165, 1.54) is 11.1 Å². The van der Waals surface area contributed by atoms with E-state index in [1.807, 2.05) is 24.0 Å². The van der Waals surface area contributed by atoms with Gasteiger partial charge in [0.25, 0.3) is 5.91 Å². The van der Waals surface area contributed by atoms with Gasteiger partial charge in [-0.15, -0.1) is 0 Å². The van der Waals surface area contributed by atoms with Gasteiger partial charge < -0.3 is 19.1 Å². The number of hydrogen-bond acceptors (Lipinski definition) is 4. The SMILES string of the molecule is CCOc1c(Br)cc(C(=O)N2CCCc3c(C)ccc(OC)c32)cc1OC. The minimum atomic E-state index is -0.0816. The van der Waals surface area contributed by atoms with Crippen LogP contribution in [0.25, 0.3) is 0 Å². The molecule has 0 N–H and O–H groups in total. The molecular formula is C21H24BrNO4. The molecule has 2 aromatic rings. The number of carbonyl (C=O) groups is 1. The number of fused-ring (bicyclic) bond motifs is 1. The molecule has 0 saturated carbocycles. The fraction of sp³-hybridized carbons (Fsp3) is 0.381. The molecule has 3 rings (SSSR count). The average molecular weight is 434 g/mol. The summed E-state index contributed by atoms with van der Waals surface area (Å²) in [4.78, 5) is 15.2. The lowest BCUT2D eigenvalue weighted by molar-refractivity contribution is 0.0984. The lowest BCUT2D eigenvalue weighted by atomic mass is 9.95. The number of benzene rings is 2. The van der Waals surface area contributed by atoms with Crippen molar-refractivity contribution in [3.8, 4) is 17.2 Å². The van der Waals surface area contributed by atoms with Gasteiger partial charge in [-0.25, -0.2) is 0 Å². The summed E-state index contributed by atoms with van der Waals surface area (Å²) in [5.74, 6) is 1.77. The highest BCUT2D eigenvalue weighted by Gasteiger charge is 2.29. The molecule has 0 aliphatic carbocycles. The summed E-state index contributed by atoms with van der Waals surface area (Å²) in [7, 11) is 3.21. The standard InChI is InChI=1S/C21H24BrNO4/c1-5-27-20-16(22)11-14(12-18(20)26-4)21(24)23-10-6-7-15-13(2)8-9-17(25-3)19(15)23/h8-9,11-12H,5-7,10H2,1-4H3. The predicted octanol–water partition coefficient (Wildman–Crippen LogP) is 4.77. The smallest absolute Gasteiger partial charge is 0.258 e. The Bertz CT molecular complexity index is 866. The van der Waals surface area contributed by atoms with Gasteiger partial charge in [-0.05, 0) is 71.9 Å². The zero-order chi connectivity index (χ0) is 19.6. The number of amides is 1. The van der Waals surface area contributed by atoms with Gasteiger partial charge in [-0.1, -0.05) is 6.07 Å². The van der Waals surface area contributed by atoms with E-state index in [9.17, 15) is 4.79 Å². The molecule has 0 radical (unpaired) electrons. The first-order valence-corrected chi connectivity index (χ1v) is 9.79. The summed E-state index contributed by atoms with van der Waals surface area (Å²) in [5.41, 5.74) is 3.76. The highest BCUT2D eigenvalue weighted by Crippen LogP contribution is 2.41. The quantitative estimate of drug-likeness (QED) is 0.681. The lowest BCUT2D eigenvalue weighted by Crippen LogP contribution is -2.36. The summed E-state index contributed by atoms with van der Waals surface area (Å²) in [5, 5.41) is 0. The van der Waals surface area contributed by atoms with Crippen molar-refractivity contribution in [3.05, 3.63) is 45.4 Å². The normalized spacial score (nSPS) is 13.1. The summed E-state index contributed by atoms with van der Waals surface area (Å²) in [6.07, 6.45) is 1.86. The Morgan fingerprint density at radius 3 is 2.59 bits per heavy atom. The Hall–Kier alpha value is -2.21. The van der Waals surface area contributed by atoms with Crippen LogP contribution >= 0.6 is 15.9 Å². The number of aryl methyl sites for hydroxylation is 1. The fourth-order valence-electron chi connectivity index (χ4n) is 3.50. The maximum absolute atomic E-state index is 13.4. The first-order valence-electron chi connectivity index (χ1n) is 9.00. The molecule has 0 fully saturated rings. The molecule has 2 aromatic carbocycles. The van der Waals surface area contributed by atoms with E-state index in [-0.39, 0.29) is 5.91 Å². The number of anilines is 1. The van der Waals surface area contributed by atoms with E-state index in [4.69, 9.17) is 14.2 Å². The summed E-state index contributed by atoms with van der Waals surface area (Å²) in [6, 6.07) is 7.48. The summed E-state index contributed by atoms with van der Waals surface area (Å²) in [6.45, 7) is 5.14. The molecule has 1 aliphatic rings. The molecule has 0 bridgehead atoms. The van der Waals surface area contributed by atoms with E-state index in [0.29, 0.717) is 34.7 Å². The molecule has 0 atom stereocenters. The van der Waals surface area contributed by atoms with E-state index < -0.39 is 0 Å². The topological polar surface area (TPSA) is 48.0 Å². The molecule has 1 amide bonds. The third-order valence-corrected chi connectivity index (χ3v) is 5.38. The number of halogens is 1. The Kier molecular flexibility index (Phi) is 5.95. The van der Waals surface area contributed by atoms with Crippen LogP contribution in [0.3, 0.4) is 0 Å². The first-order chi connectivity index (χ1) is 13.0. The van der Waals surface area contributed by atoms with Crippen LogP contribution in [0.15, 0.2) is 28.7 Å². The Morgan fingerprint density at radius 2 is 1.93 bits per heavy atom. The molecule has 0 spiro atoms. The number of hydrogen-bond donors (Lipinski definition) is 0. The molecule has 0 unspecified atom stereocenters. The lowest BCUT2D eigenvalue weighted by Gasteiger charge is -2.32. The minimum Gasteiger partial charge on any atom is -0.495 e. The molecule has 6 heteroatoms. The summed E-state index contributed by atoms with van der Waals surface area (Å²) < 4.78 is 17.3. The number of ether oxygens (including phenoxy) is 3. The van der Waals surface area contributed by atoms with Crippen LogP contribution in [0, 0.1) is 6.92 Å². The van der Waals surface area contributed by atoms with Crippen molar-refractivity contribution in [1.82, 2.24) is 0 Å². The average Bonchev–Trinajstić information content (AvgIpc) is 2.69. The van der Waals surface area contributed by atoms with E-state index in [0.717, 1.165) is 24.3 Å². The number of carbonyl (C=O) groups excluding carboxylic acids is 1. The zero-order valence-electron chi connectivity index (χ0n) is 16.1. The van der Waals surface area contributed by atoms with Gasteiger partial charge in [0.15, 0.2) is 11.5 Å². The van der Waals surface area contributed by atoms with Crippen LogP contribution < -0.4 is 19.1 Å². The van der Waals surface area contributed by atoms with Gasteiger partial charge in [0.1, 0.15) is 5.75 Å². The second-order valence-electron chi connectivity index (χ2n) is 6.39. The van der Waals surface area contributed by atoms with Gasteiger partial charge in [0.2, 0.25) is 0 Å². The molecule has 27 heavy (non-hydrogen) atoms. The van der Waals surface area contributed by atoms with Crippen molar-refractivity contribution in [2.24, 2.45) is 0 Å². The van der Waals surface area contributed by atoms with Crippen molar-refractivity contribution in [2.45, 2.75) is 26.7 Å². The van der Waals surface area contributed by atoms with Crippen LogP contribution in [0.1, 0.15) is 34.8 Å². The Balaban J connectivity index is 2.06. The number of nitrogens with zero attached hydrogens (tertiary/aromatic N) is 1. The minimum absolute atomic E-state index is 0.0816. The van der Waals surface area contributed by atoms with Gasteiger partial charge >= 0.3 is 0 Å². The first kappa shape index (κ1) is 19.5. The third kappa shape index (κ3) is 3.63. The molecule has 0 saturated heterocycles. The van der Waals surface area contributed by atoms with Gasteiger partial charge in [-0.3, -0.25) is 4.79 Å². The van der Waals surface area contributed by atoms with Crippen molar-refractivity contribution in [1.29, 1.82) is 0 Å². The highest BCUT2D eigenvalue weighted by atomic mass is 79.9. The molecule has 1 heterocycles. The monoisotopic (exact) mass is 433 g/mol. The Morgan fingerprint density at radius 1 is 1.19 bits per heavy atom. The zero-order valence-corrected chi connectivity index (χ0v) is 17.7. The number of methoxy groups -OCH3 is 2. The van der Waals surface area contributed by atoms with Crippen LogP contribution in [0.5, 0.6) is 17.2 Å². The fourth-order valence-corrected chi connectivity index (χ4v) is 4.06. The highest BCUT2D eigenvalue weighted by molar-refractivity contribution is 9.10. The third-order valence-electron chi connectivity index (χ3n) is 4.79. The van der Waals surface area contributed by atoms with Crippen molar-refractivity contribution >= 4 is 27.5 Å². The van der Waals surface area contributed by atoms with E-state index in [1.54, 1.807) is 26.4 Å². The van der Waals surface area contributed by atoms with Crippen LogP contribution in [-0.2, 0) is 6.42 Å². The maximum atomic E-state index is 13.4. The molecule has 1 aliphatic heterocycles. The van der Waals surface area contributed by atoms with Crippen molar-refractivity contribution in [3.63, 3.8) is 0 Å². The van der Waals surface area contributed by atoms with Crippen LogP contribution in [-0.4, -0.2) is 33.3 Å². The predicted molar refractivity (Wildman–Crippen MR) is 110 cm³/mol. The van der Waals surface area contributed by atoms with Crippen LogP contribution in [0.4, 0.5) is 5.69 Å². The molecular weight excluding hydrogens is 410 g/mol. The molecule has 144 valence electrons. The second kappa shape index (κ2) is 8.21. The van der Waals surface area contributed by atoms with E-state index >= 15 is 0 Å². The number of rotatable bonds is 5. The van der Waals surface area contributed by atoms with Crippen LogP contribution in [0.2, 0.25) is 0 Å². The summed E-state index contributed by atoms with van der Waals surface area (Å²) >= 11 is 3.50. The van der Waals surface area contributed by atoms with E-state index in [2.05, 4.69) is 22.9 Å². The van der Waals surface area contributed by atoms with Crippen molar-refractivity contribution < 1.29 is 19.0 Å². The van der Waals surface area contributed by atoms with Gasteiger partial charge in [0.05, 0.1) is 31.0 Å². The molecule has 0 aromatic heterocycles. The van der Waals surface area contributed by atoms with Gasteiger partial charge in [-0.2, -0.15) is 0 Å². The van der Waals surface area contributed by atoms with Gasteiger partial charge in [0, 0.05) is 12.1 Å². The maximum Gasteiger partial charge on any atom is 0.258 e. The Labute approximate surface area is 168 Å². The molecule has 5 nitrogen and oxygen atoms in total. The second-order valence-corrected chi connectivity index (χ2v) is 7.25.